The Kier molecular flexibility index (Phi) is 7.99. The van der Waals surface area contributed by atoms with Gasteiger partial charge in [0.25, 0.3) is 0 Å². The second-order valence-electron chi connectivity index (χ2n) is 24.7. The Morgan fingerprint density at radius 2 is 1.08 bits per heavy atom. The molecule has 3 aliphatic heterocycles. The normalized spacial score (nSPS) is 21.9. The van der Waals surface area contributed by atoms with Crippen LogP contribution in [0, 0.1) is 0 Å². The average Bonchev–Trinajstić information content (AvgIpc) is 3.58. The first kappa shape index (κ1) is 39.9. The fraction of sp³-hybridized carbons (Fsp3) is 0.474. The van der Waals surface area contributed by atoms with Gasteiger partial charge in [-0.25, -0.2) is 0 Å². The number of anilines is 2. The van der Waals surface area contributed by atoms with E-state index in [2.05, 4.69) is 199 Å². The molecule has 2 atom stereocenters. The van der Waals surface area contributed by atoms with Crippen molar-refractivity contribution < 1.29 is 0 Å². The summed E-state index contributed by atoms with van der Waals surface area (Å²) in [5, 5.41) is 2.78. The zero-order valence-corrected chi connectivity index (χ0v) is 39.8. The van der Waals surface area contributed by atoms with E-state index in [0.29, 0.717) is 0 Å². The number of fused-ring (bicyclic) bond motifs is 10. The highest BCUT2D eigenvalue weighted by atomic mass is 15.3. The zero-order valence-electron chi connectivity index (χ0n) is 39.8. The molecule has 0 saturated heterocycles. The largest absolute Gasteiger partial charge is 0.334 e. The summed E-state index contributed by atoms with van der Waals surface area (Å²) in [6.45, 7) is 38.8. The molecule has 1 aliphatic carbocycles. The minimum absolute atomic E-state index is 0.00488. The Hall–Kier alpha value is -4.24. The van der Waals surface area contributed by atoms with Gasteiger partial charge in [-0.1, -0.05) is 159 Å². The van der Waals surface area contributed by atoms with E-state index in [0.717, 1.165) is 0 Å². The van der Waals surface area contributed by atoms with Gasteiger partial charge < -0.3 is 9.47 Å². The standard InChI is InChI=1S/C57H69BN2/c1-51(2,3)34-19-22-38(23-20-34)60-47-33-41-44(32-42(47)56(15)25-17-18-26-57(56,60)16)58-45-30-36(53(7,8)9)28-40-39-27-35(52(4,5)6)21-24-46(39)59(50(40)45)48-31-37(54(10,11)12)29-43(49(48)58)55(41,13)14/h19-24,27-33H,17-18,25-26H2,1-16H3. The van der Waals surface area contributed by atoms with Gasteiger partial charge in [0.2, 0.25) is 6.71 Å². The lowest BCUT2D eigenvalue weighted by Crippen LogP contribution is -2.63. The van der Waals surface area contributed by atoms with E-state index in [4.69, 9.17) is 0 Å². The Morgan fingerprint density at radius 3 is 1.72 bits per heavy atom. The van der Waals surface area contributed by atoms with Crippen LogP contribution >= 0.6 is 0 Å². The van der Waals surface area contributed by atoms with E-state index in [1.807, 2.05) is 0 Å². The van der Waals surface area contributed by atoms with Crippen LogP contribution in [-0.4, -0.2) is 16.8 Å². The predicted molar refractivity (Wildman–Crippen MR) is 262 cm³/mol. The van der Waals surface area contributed by atoms with Gasteiger partial charge in [0.1, 0.15) is 0 Å². The molecular weight excluding hydrogens is 723 g/mol. The highest BCUT2D eigenvalue weighted by Gasteiger charge is 2.59. The van der Waals surface area contributed by atoms with E-state index in [-0.39, 0.29) is 44.7 Å². The molecule has 6 aromatic rings. The number of benzene rings is 5. The van der Waals surface area contributed by atoms with Crippen LogP contribution in [0.2, 0.25) is 0 Å². The van der Waals surface area contributed by atoms with Crippen molar-refractivity contribution in [3.63, 3.8) is 0 Å². The lowest BCUT2D eigenvalue weighted by Gasteiger charge is -2.50. The van der Waals surface area contributed by atoms with Crippen LogP contribution in [0.15, 0.2) is 78.9 Å². The van der Waals surface area contributed by atoms with Crippen molar-refractivity contribution in [3.05, 3.63) is 118 Å². The predicted octanol–water partition coefficient (Wildman–Crippen LogP) is 13.2. The summed E-state index contributed by atoms with van der Waals surface area (Å²) in [4.78, 5) is 2.81. The molecule has 2 nitrogen and oxygen atoms in total. The zero-order chi connectivity index (χ0) is 43.1. The maximum atomic E-state index is 2.81. The first-order chi connectivity index (χ1) is 27.8. The quantitative estimate of drug-likeness (QED) is 0.150. The summed E-state index contributed by atoms with van der Waals surface area (Å²) in [5.74, 6) is 0. The van der Waals surface area contributed by atoms with Gasteiger partial charge in [-0.05, 0) is 134 Å². The summed E-state index contributed by atoms with van der Waals surface area (Å²) in [6, 6.07) is 32.9. The van der Waals surface area contributed by atoms with Gasteiger partial charge in [-0.15, -0.1) is 0 Å². The lowest BCUT2D eigenvalue weighted by molar-refractivity contribution is 0.195. The summed E-state index contributed by atoms with van der Waals surface area (Å²) in [7, 11) is 0. The molecular formula is C57H69BN2. The van der Waals surface area contributed by atoms with E-state index in [1.165, 1.54) is 114 Å². The van der Waals surface area contributed by atoms with Gasteiger partial charge in [0.15, 0.2) is 0 Å². The smallest absolute Gasteiger partial charge is 0.247 e. The molecule has 1 fully saturated rings. The van der Waals surface area contributed by atoms with Crippen LogP contribution in [0.1, 0.15) is 175 Å². The minimum atomic E-state index is -0.218. The number of hydrogen-bond acceptors (Lipinski definition) is 1. The molecule has 0 N–H and O–H groups in total. The van der Waals surface area contributed by atoms with Gasteiger partial charge in [-0.2, -0.15) is 0 Å². The third-order valence-corrected chi connectivity index (χ3v) is 16.4. The van der Waals surface area contributed by atoms with E-state index in [1.54, 1.807) is 5.56 Å². The van der Waals surface area contributed by atoms with Crippen molar-refractivity contribution in [3.8, 4) is 5.69 Å². The Balaban J connectivity index is 1.33. The van der Waals surface area contributed by atoms with Crippen molar-refractivity contribution in [2.75, 3.05) is 4.90 Å². The molecule has 1 saturated carbocycles. The molecule has 0 amide bonds. The third kappa shape index (κ3) is 5.26. The molecule has 4 heterocycles. The maximum absolute atomic E-state index is 2.81. The molecule has 0 bridgehead atoms. The van der Waals surface area contributed by atoms with Crippen LogP contribution in [0.3, 0.4) is 0 Å². The molecule has 10 rings (SSSR count). The van der Waals surface area contributed by atoms with E-state index >= 15 is 0 Å². The maximum Gasteiger partial charge on any atom is 0.247 e. The summed E-state index contributed by atoms with van der Waals surface area (Å²) in [6.07, 6.45) is 4.96. The number of hydrogen-bond donors (Lipinski definition) is 0. The van der Waals surface area contributed by atoms with E-state index in [9.17, 15) is 0 Å². The minimum Gasteiger partial charge on any atom is -0.334 e. The van der Waals surface area contributed by atoms with Crippen molar-refractivity contribution in [1.29, 1.82) is 0 Å². The van der Waals surface area contributed by atoms with Crippen LogP contribution in [0.25, 0.3) is 27.5 Å². The summed E-state index contributed by atoms with van der Waals surface area (Å²) >= 11 is 0. The van der Waals surface area contributed by atoms with Gasteiger partial charge in [0.05, 0.1) is 11.1 Å². The van der Waals surface area contributed by atoms with Crippen LogP contribution in [0.4, 0.5) is 11.4 Å². The molecule has 5 aromatic carbocycles. The van der Waals surface area contributed by atoms with E-state index < -0.39 is 0 Å². The Morgan fingerprint density at radius 1 is 0.500 bits per heavy atom. The molecule has 3 heteroatoms. The molecule has 310 valence electrons. The van der Waals surface area contributed by atoms with Crippen molar-refractivity contribution in [2.45, 2.75) is 174 Å². The van der Waals surface area contributed by atoms with Gasteiger partial charge in [0, 0.05) is 44.2 Å². The SMILES string of the molecule is CC(C)(C)c1ccc(N2c3cc4c(cc3C3(C)CCCCC23C)B2c3c(cc(C(C)(C)C)cc3C4(C)C)-n3c4ccc(C(C)(C)C)cc4c4cc(C(C)(C)C)cc2c43)cc1. The number of rotatable bonds is 1. The fourth-order valence-electron chi connectivity index (χ4n) is 12.3. The van der Waals surface area contributed by atoms with Gasteiger partial charge in [-0.3, -0.25) is 0 Å². The van der Waals surface area contributed by atoms with Crippen LogP contribution in [-0.2, 0) is 32.5 Å². The van der Waals surface area contributed by atoms with Crippen molar-refractivity contribution in [2.24, 2.45) is 0 Å². The van der Waals surface area contributed by atoms with Crippen molar-refractivity contribution >= 4 is 56.3 Å². The first-order valence-corrected chi connectivity index (χ1v) is 23.2. The Labute approximate surface area is 362 Å². The summed E-state index contributed by atoms with van der Waals surface area (Å²) in [5.41, 5.74) is 21.5. The molecule has 60 heavy (non-hydrogen) atoms. The fourth-order valence-corrected chi connectivity index (χ4v) is 12.3. The molecule has 2 unspecified atom stereocenters. The Bertz CT molecular complexity index is 2800. The monoisotopic (exact) mass is 793 g/mol. The average molecular weight is 793 g/mol. The highest BCUT2D eigenvalue weighted by Crippen LogP contribution is 2.61. The molecule has 0 spiro atoms. The first-order valence-electron chi connectivity index (χ1n) is 23.2. The van der Waals surface area contributed by atoms with Crippen molar-refractivity contribution in [1.82, 2.24) is 4.57 Å². The highest BCUT2D eigenvalue weighted by molar-refractivity contribution is 6.99. The second kappa shape index (κ2) is 12.0. The summed E-state index contributed by atoms with van der Waals surface area (Å²) < 4.78 is 2.69. The topological polar surface area (TPSA) is 8.17 Å². The lowest BCUT2D eigenvalue weighted by atomic mass is 9.30. The van der Waals surface area contributed by atoms with Gasteiger partial charge >= 0.3 is 0 Å². The second-order valence-corrected chi connectivity index (χ2v) is 24.7. The third-order valence-electron chi connectivity index (χ3n) is 16.4. The molecule has 0 radical (unpaired) electrons. The molecule has 4 aliphatic rings. The number of aromatic nitrogens is 1. The van der Waals surface area contributed by atoms with Crippen LogP contribution < -0.4 is 21.3 Å². The van der Waals surface area contributed by atoms with Crippen LogP contribution in [0.5, 0.6) is 0 Å². The number of nitrogens with zero attached hydrogens (tertiary/aromatic N) is 2. The molecule has 1 aromatic heterocycles.